The number of para-hydroxylation sites is 1. The normalized spacial score (nSPS) is 18.4. The summed E-state index contributed by atoms with van der Waals surface area (Å²) in [6, 6.07) is 17.6. The Kier molecular flexibility index (Phi) is 7.01. The van der Waals surface area contributed by atoms with Gasteiger partial charge in [-0.15, -0.1) is 0 Å². The van der Waals surface area contributed by atoms with Crippen molar-refractivity contribution in [1.82, 2.24) is 4.90 Å². The molecule has 0 aromatic heterocycles. The summed E-state index contributed by atoms with van der Waals surface area (Å²) in [7, 11) is 0. The number of ether oxygens (including phenoxy) is 1. The van der Waals surface area contributed by atoms with Crippen molar-refractivity contribution in [2.24, 2.45) is 0 Å². The largest absolute Gasteiger partial charge is 0.442 e. The lowest BCUT2D eigenvalue weighted by Gasteiger charge is -2.30. The molecule has 162 valence electrons. The zero-order valence-electron chi connectivity index (χ0n) is 18.9. The maximum atomic E-state index is 12.7. The molecule has 1 atom stereocenters. The molecule has 0 amide bonds. The number of hydrogen-bond donors (Lipinski definition) is 1. The van der Waals surface area contributed by atoms with Crippen LogP contribution < -0.4 is 5.32 Å². The van der Waals surface area contributed by atoms with Crippen molar-refractivity contribution >= 4 is 11.7 Å². The first-order valence-electron chi connectivity index (χ1n) is 10.8. The molecule has 0 aliphatic carbocycles. The quantitative estimate of drug-likeness (QED) is 0.467. The molecule has 4 heteroatoms. The number of cyclic esters (lactones) is 1. The van der Waals surface area contributed by atoms with Crippen molar-refractivity contribution in [3.05, 3.63) is 102 Å². The molecule has 0 radical (unpaired) electrons. The van der Waals surface area contributed by atoms with Gasteiger partial charge in [-0.1, -0.05) is 56.3 Å². The van der Waals surface area contributed by atoms with Gasteiger partial charge in [-0.2, -0.15) is 0 Å². The number of rotatable bonds is 9. The van der Waals surface area contributed by atoms with E-state index in [2.05, 4.69) is 30.6 Å². The molecule has 2 aromatic carbocycles. The number of unbranched alkanes of at least 4 members (excludes halogenated alkanes) is 1. The van der Waals surface area contributed by atoms with Gasteiger partial charge in [-0.05, 0) is 57.5 Å². The van der Waals surface area contributed by atoms with Crippen LogP contribution in [0.5, 0.6) is 0 Å². The molecule has 1 N–H and O–H groups in total. The number of nitrogens with one attached hydrogen (secondary N) is 1. The zero-order valence-corrected chi connectivity index (χ0v) is 18.9. The lowest BCUT2D eigenvalue weighted by molar-refractivity contribution is 0.0289. The van der Waals surface area contributed by atoms with Gasteiger partial charge in [0, 0.05) is 34.9 Å². The van der Waals surface area contributed by atoms with E-state index in [4.69, 9.17) is 4.74 Å². The van der Waals surface area contributed by atoms with Crippen molar-refractivity contribution in [3.8, 4) is 0 Å². The second kappa shape index (κ2) is 9.69. The summed E-state index contributed by atoms with van der Waals surface area (Å²) in [5.41, 5.74) is 4.33. The molecule has 1 heterocycles. The van der Waals surface area contributed by atoms with E-state index < -0.39 is 5.60 Å². The molecule has 31 heavy (non-hydrogen) atoms. The first-order chi connectivity index (χ1) is 14.9. The van der Waals surface area contributed by atoms with E-state index in [1.54, 1.807) is 0 Å². The molecule has 0 saturated carbocycles. The van der Waals surface area contributed by atoms with Gasteiger partial charge in [0.15, 0.2) is 5.60 Å². The third kappa shape index (κ3) is 5.08. The number of carbonyl (C=O) groups is 1. The van der Waals surface area contributed by atoms with Crippen LogP contribution in [0.25, 0.3) is 0 Å². The van der Waals surface area contributed by atoms with Crippen molar-refractivity contribution < 1.29 is 9.53 Å². The summed E-state index contributed by atoms with van der Waals surface area (Å²) in [6.45, 7) is 13.2. The summed E-state index contributed by atoms with van der Waals surface area (Å²) in [5, 5.41) is 3.41. The average Bonchev–Trinajstić information content (AvgIpc) is 3.00. The molecular weight excluding hydrogens is 384 g/mol. The molecule has 1 unspecified atom stereocenters. The van der Waals surface area contributed by atoms with E-state index in [1.165, 1.54) is 0 Å². The topological polar surface area (TPSA) is 41.6 Å². The second-order valence-corrected chi connectivity index (χ2v) is 8.07. The number of carbonyl (C=O) groups excluding carboxylic acids is 1. The van der Waals surface area contributed by atoms with Crippen LogP contribution >= 0.6 is 0 Å². The fourth-order valence-corrected chi connectivity index (χ4v) is 4.00. The number of benzene rings is 2. The zero-order chi connectivity index (χ0) is 22.4. The Morgan fingerprint density at radius 2 is 1.74 bits per heavy atom. The lowest BCUT2D eigenvalue weighted by atomic mass is 9.90. The van der Waals surface area contributed by atoms with Crippen molar-refractivity contribution in [1.29, 1.82) is 0 Å². The highest BCUT2D eigenvalue weighted by atomic mass is 16.6. The van der Waals surface area contributed by atoms with Crippen LogP contribution in [0.4, 0.5) is 5.69 Å². The minimum absolute atomic E-state index is 0.307. The Morgan fingerprint density at radius 3 is 2.42 bits per heavy atom. The van der Waals surface area contributed by atoms with E-state index in [9.17, 15) is 4.79 Å². The predicted molar refractivity (Wildman–Crippen MR) is 128 cm³/mol. The minimum atomic E-state index is -0.983. The average molecular weight is 417 g/mol. The van der Waals surface area contributed by atoms with E-state index in [-0.39, 0.29) is 5.97 Å². The molecule has 0 saturated heterocycles. The molecule has 0 bridgehead atoms. The highest BCUT2D eigenvalue weighted by Crippen LogP contribution is 2.41. The first kappa shape index (κ1) is 22.4. The highest BCUT2D eigenvalue weighted by Gasteiger charge is 2.43. The molecule has 4 nitrogen and oxygen atoms in total. The Morgan fingerprint density at radius 1 is 1.06 bits per heavy atom. The molecule has 3 rings (SSSR count). The third-order valence-corrected chi connectivity index (χ3v) is 5.42. The van der Waals surface area contributed by atoms with Crippen LogP contribution in [0.3, 0.4) is 0 Å². The monoisotopic (exact) mass is 416 g/mol. The second-order valence-electron chi connectivity index (χ2n) is 8.07. The highest BCUT2D eigenvalue weighted by molar-refractivity contribution is 5.95. The number of esters is 1. The van der Waals surface area contributed by atoms with Crippen LogP contribution in [0.1, 0.15) is 56.5 Å². The Labute approximate surface area is 185 Å². The Bertz CT molecular complexity index is 1010. The van der Waals surface area contributed by atoms with E-state index in [0.29, 0.717) is 5.56 Å². The predicted octanol–water partition coefficient (Wildman–Crippen LogP) is 6.61. The maximum absolute atomic E-state index is 12.7. The van der Waals surface area contributed by atoms with Gasteiger partial charge in [0.2, 0.25) is 0 Å². The van der Waals surface area contributed by atoms with Gasteiger partial charge in [0.05, 0.1) is 5.56 Å². The van der Waals surface area contributed by atoms with Crippen LogP contribution in [-0.2, 0) is 10.3 Å². The molecule has 0 fully saturated rings. The molecule has 0 spiro atoms. The Hall–Kier alpha value is -3.27. The van der Waals surface area contributed by atoms with Gasteiger partial charge in [0.25, 0.3) is 0 Å². The van der Waals surface area contributed by atoms with E-state index in [1.807, 2.05) is 80.6 Å². The molecular formula is C27H32N2O2. The fourth-order valence-electron chi connectivity index (χ4n) is 4.00. The van der Waals surface area contributed by atoms with Crippen molar-refractivity contribution in [2.75, 3.05) is 11.9 Å². The van der Waals surface area contributed by atoms with Crippen molar-refractivity contribution in [2.45, 2.75) is 46.1 Å². The van der Waals surface area contributed by atoms with Crippen molar-refractivity contribution in [3.63, 3.8) is 0 Å². The van der Waals surface area contributed by atoms with Gasteiger partial charge in [-0.3, -0.25) is 0 Å². The third-order valence-electron chi connectivity index (χ3n) is 5.42. The minimum Gasteiger partial charge on any atom is -0.442 e. The van der Waals surface area contributed by atoms with Crippen LogP contribution in [0.15, 0.2) is 90.4 Å². The molecule has 1 aliphatic rings. The lowest BCUT2D eigenvalue weighted by Crippen LogP contribution is -2.27. The smallest absolute Gasteiger partial charge is 0.340 e. The summed E-state index contributed by atoms with van der Waals surface area (Å²) in [5.74, 6) is -0.307. The number of fused-ring (bicyclic) bond motifs is 1. The van der Waals surface area contributed by atoms with Gasteiger partial charge < -0.3 is 15.0 Å². The number of anilines is 1. The maximum Gasteiger partial charge on any atom is 0.340 e. The number of nitrogens with zero attached hydrogens (tertiary/aromatic N) is 1. The summed E-state index contributed by atoms with van der Waals surface area (Å²) >= 11 is 0. The van der Waals surface area contributed by atoms with Crippen LogP contribution in [0.2, 0.25) is 0 Å². The fraction of sp³-hybridized carbons (Fsp3) is 0.296. The van der Waals surface area contributed by atoms with E-state index >= 15 is 0 Å². The molecule has 2 aromatic rings. The first-order valence-corrected chi connectivity index (χ1v) is 10.8. The summed E-state index contributed by atoms with van der Waals surface area (Å²) < 4.78 is 6.04. The Balaban J connectivity index is 2.07. The van der Waals surface area contributed by atoms with Crippen LogP contribution in [-0.4, -0.2) is 17.4 Å². The van der Waals surface area contributed by atoms with Gasteiger partial charge in [-0.25, -0.2) is 4.79 Å². The van der Waals surface area contributed by atoms with Gasteiger partial charge in [0.1, 0.15) is 0 Å². The number of hydrogen-bond acceptors (Lipinski definition) is 4. The standard InChI is InChI=1S/C27H32N2O2/c1-6-7-17-29(20(2)3)22(5)19-27(18-21(4)28-23-13-9-8-10-14-23)25-16-12-11-15-24(25)26(30)31-27/h8-16,18-19,28H,2,6-7,17H2,1,3-5H3/b21-18+,22-19+. The summed E-state index contributed by atoms with van der Waals surface area (Å²) in [6.07, 6.45) is 6.19. The number of allylic oxidation sites excluding steroid dienone is 3. The van der Waals surface area contributed by atoms with Crippen LogP contribution in [0, 0.1) is 0 Å². The molecule has 1 aliphatic heterocycles. The SMILES string of the molecule is C=C(C)N(CCCC)/C(C)=C/C1(/C=C(\C)Nc2ccccc2)OC(=O)c2ccccc21. The summed E-state index contributed by atoms with van der Waals surface area (Å²) in [4.78, 5) is 14.9. The van der Waals surface area contributed by atoms with E-state index in [0.717, 1.165) is 47.7 Å². The van der Waals surface area contributed by atoms with Gasteiger partial charge >= 0.3 is 5.97 Å².